The zero-order valence-corrected chi connectivity index (χ0v) is 11.3. The number of nitrogens with zero attached hydrogens (tertiary/aromatic N) is 1. The molecule has 1 N–H and O–H groups in total. The molecule has 3 atom stereocenters. The van der Waals surface area contributed by atoms with Crippen LogP contribution in [0.1, 0.15) is 18.4 Å². The van der Waals surface area contributed by atoms with Crippen LogP contribution in [-0.4, -0.2) is 43.3 Å². The number of ether oxygens (including phenoxy) is 1. The summed E-state index contributed by atoms with van der Waals surface area (Å²) in [5.74, 6) is 0.743. The molecule has 0 amide bonds. The summed E-state index contributed by atoms with van der Waals surface area (Å²) in [5, 5.41) is 3.58. The largest absolute Gasteiger partial charge is 0.384 e. The summed E-state index contributed by atoms with van der Waals surface area (Å²) in [6.45, 7) is 4.63. The van der Waals surface area contributed by atoms with E-state index in [0.717, 1.165) is 25.6 Å². The Morgan fingerprint density at radius 1 is 1.16 bits per heavy atom. The molecule has 2 saturated heterocycles. The molecule has 1 aromatic rings. The van der Waals surface area contributed by atoms with Gasteiger partial charge in [-0.25, -0.2) is 0 Å². The fraction of sp³-hybridized carbons (Fsp3) is 0.625. The lowest BCUT2D eigenvalue weighted by molar-refractivity contribution is -0.0421. The summed E-state index contributed by atoms with van der Waals surface area (Å²) in [6.07, 6.45) is 4.79. The predicted octanol–water partition coefficient (Wildman–Crippen LogP) is 2.13. The van der Waals surface area contributed by atoms with Gasteiger partial charge in [-0.1, -0.05) is 18.2 Å². The summed E-state index contributed by atoms with van der Waals surface area (Å²) in [5.41, 5.74) is 2.82. The van der Waals surface area contributed by atoms with E-state index in [-0.39, 0.29) is 0 Å². The number of fused-ring (bicyclic) bond motifs is 3. The van der Waals surface area contributed by atoms with Crippen LogP contribution in [-0.2, 0) is 11.2 Å². The molecular formula is C16H22N2O. The Bertz CT molecular complexity index is 450. The molecule has 0 aliphatic carbocycles. The van der Waals surface area contributed by atoms with E-state index in [0.29, 0.717) is 12.2 Å². The molecule has 3 heterocycles. The predicted molar refractivity (Wildman–Crippen MR) is 76.5 cm³/mol. The zero-order valence-electron chi connectivity index (χ0n) is 11.3. The standard InChI is InChI=1S/C16H22N2O/c1-2-4-16-13(3-1)7-12(8-17-16)9-18-10-14-5-6-15(11-18)19-14/h1-4,12,14-15,17H,5-11H2. The molecule has 3 nitrogen and oxygen atoms in total. The molecule has 3 aliphatic rings. The Hall–Kier alpha value is -1.06. The zero-order chi connectivity index (χ0) is 12.7. The van der Waals surface area contributed by atoms with Crippen LogP contribution in [0.25, 0.3) is 0 Å². The second kappa shape index (κ2) is 4.80. The Kier molecular flexibility index (Phi) is 2.97. The Labute approximate surface area is 114 Å². The molecule has 0 aromatic heterocycles. The molecule has 1 aromatic carbocycles. The maximum Gasteiger partial charge on any atom is 0.0707 e. The van der Waals surface area contributed by atoms with E-state index in [1.165, 1.54) is 37.1 Å². The van der Waals surface area contributed by atoms with Crippen molar-refractivity contribution in [2.45, 2.75) is 31.5 Å². The van der Waals surface area contributed by atoms with Crippen LogP contribution in [0.4, 0.5) is 5.69 Å². The quantitative estimate of drug-likeness (QED) is 0.879. The van der Waals surface area contributed by atoms with Crippen LogP contribution in [0, 0.1) is 5.92 Å². The lowest BCUT2D eigenvalue weighted by atomic mass is 9.93. The summed E-state index contributed by atoms with van der Waals surface area (Å²) >= 11 is 0. The number of benzene rings is 1. The second-order valence-electron chi connectivity index (χ2n) is 6.28. The third-order valence-electron chi connectivity index (χ3n) is 4.74. The first-order chi connectivity index (χ1) is 9.37. The molecule has 2 fully saturated rings. The van der Waals surface area contributed by atoms with Crippen molar-refractivity contribution in [2.24, 2.45) is 5.92 Å². The maximum atomic E-state index is 5.92. The first-order valence-electron chi connectivity index (χ1n) is 7.56. The van der Waals surface area contributed by atoms with Gasteiger partial charge in [-0.2, -0.15) is 0 Å². The number of hydrogen-bond acceptors (Lipinski definition) is 3. The van der Waals surface area contributed by atoms with Crippen molar-refractivity contribution < 1.29 is 4.74 Å². The minimum atomic E-state index is 0.516. The van der Waals surface area contributed by atoms with Gasteiger partial charge >= 0.3 is 0 Å². The Balaban J connectivity index is 1.39. The van der Waals surface area contributed by atoms with Crippen molar-refractivity contribution in [1.82, 2.24) is 4.90 Å². The highest BCUT2D eigenvalue weighted by atomic mass is 16.5. The fourth-order valence-corrected chi connectivity index (χ4v) is 3.85. The minimum Gasteiger partial charge on any atom is -0.384 e. The van der Waals surface area contributed by atoms with Gasteiger partial charge in [0.25, 0.3) is 0 Å². The van der Waals surface area contributed by atoms with Gasteiger partial charge in [0.15, 0.2) is 0 Å². The number of likely N-dealkylation sites (tertiary alicyclic amines) is 1. The summed E-state index contributed by atoms with van der Waals surface area (Å²) in [4.78, 5) is 2.63. The molecule has 4 rings (SSSR count). The van der Waals surface area contributed by atoms with E-state index in [2.05, 4.69) is 34.5 Å². The molecule has 102 valence electrons. The van der Waals surface area contributed by atoms with Gasteiger partial charge in [0, 0.05) is 31.9 Å². The molecule has 0 radical (unpaired) electrons. The van der Waals surface area contributed by atoms with Crippen molar-refractivity contribution in [3.63, 3.8) is 0 Å². The molecule has 19 heavy (non-hydrogen) atoms. The number of nitrogens with one attached hydrogen (secondary N) is 1. The van der Waals surface area contributed by atoms with Crippen molar-refractivity contribution >= 4 is 5.69 Å². The average Bonchev–Trinajstić information content (AvgIpc) is 2.78. The van der Waals surface area contributed by atoms with Crippen LogP contribution >= 0.6 is 0 Å². The van der Waals surface area contributed by atoms with Crippen molar-refractivity contribution in [2.75, 3.05) is 31.5 Å². The molecular weight excluding hydrogens is 236 g/mol. The van der Waals surface area contributed by atoms with E-state index in [1.54, 1.807) is 0 Å². The molecule has 3 unspecified atom stereocenters. The first kappa shape index (κ1) is 11.7. The van der Waals surface area contributed by atoms with Gasteiger partial charge in [-0.15, -0.1) is 0 Å². The van der Waals surface area contributed by atoms with Gasteiger partial charge < -0.3 is 10.1 Å². The first-order valence-corrected chi connectivity index (χ1v) is 7.56. The highest BCUT2D eigenvalue weighted by Gasteiger charge is 2.34. The monoisotopic (exact) mass is 258 g/mol. The Morgan fingerprint density at radius 3 is 2.79 bits per heavy atom. The van der Waals surface area contributed by atoms with Gasteiger partial charge in [-0.3, -0.25) is 4.90 Å². The maximum absolute atomic E-state index is 5.92. The van der Waals surface area contributed by atoms with Crippen LogP contribution < -0.4 is 5.32 Å². The number of hydrogen-bond donors (Lipinski definition) is 1. The average molecular weight is 258 g/mol. The molecule has 3 aliphatic heterocycles. The highest BCUT2D eigenvalue weighted by Crippen LogP contribution is 2.29. The van der Waals surface area contributed by atoms with Crippen LogP contribution in [0.3, 0.4) is 0 Å². The van der Waals surface area contributed by atoms with E-state index < -0.39 is 0 Å². The summed E-state index contributed by atoms with van der Waals surface area (Å²) in [7, 11) is 0. The normalized spacial score (nSPS) is 33.8. The van der Waals surface area contributed by atoms with E-state index in [1.807, 2.05) is 0 Å². The third-order valence-corrected chi connectivity index (χ3v) is 4.74. The van der Waals surface area contributed by atoms with Crippen LogP contribution in [0.2, 0.25) is 0 Å². The number of anilines is 1. The number of rotatable bonds is 2. The second-order valence-corrected chi connectivity index (χ2v) is 6.28. The van der Waals surface area contributed by atoms with Crippen LogP contribution in [0.15, 0.2) is 24.3 Å². The van der Waals surface area contributed by atoms with Crippen molar-refractivity contribution in [3.05, 3.63) is 29.8 Å². The van der Waals surface area contributed by atoms with E-state index in [9.17, 15) is 0 Å². The van der Waals surface area contributed by atoms with Crippen molar-refractivity contribution in [1.29, 1.82) is 0 Å². The molecule has 0 saturated carbocycles. The van der Waals surface area contributed by atoms with E-state index >= 15 is 0 Å². The number of para-hydroxylation sites is 1. The van der Waals surface area contributed by atoms with Gasteiger partial charge in [-0.05, 0) is 36.8 Å². The van der Waals surface area contributed by atoms with E-state index in [4.69, 9.17) is 4.74 Å². The van der Waals surface area contributed by atoms with Crippen molar-refractivity contribution in [3.8, 4) is 0 Å². The van der Waals surface area contributed by atoms with Gasteiger partial charge in [0.2, 0.25) is 0 Å². The Morgan fingerprint density at radius 2 is 1.95 bits per heavy atom. The lowest BCUT2D eigenvalue weighted by Crippen LogP contribution is -2.46. The van der Waals surface area contributed by atoms with Gasteiger partial charge in [0.05, 0.1) is 12.2 Å². The smallest absolute Gasteiger partial charge is 0.0707 e. The fourth-order valence-electron chi connectivity index (χ4n) is 3.85. The highest BCUT2D eigenvalue weighted by molar-refractivity contribution is 5.53. The molecule has 0 spiro atoms. The van der Waals surface area contributed by atoms with Crippen LogP contribution in [0.5, 0.6) is 0 Å². The SMILES string of the molecule is c1ccc2c(c1)CC(CN1CC3CCC(C1)O3)CN2. The minimum absolute atomic E-state index is 0.516. The number of morpholine rings is 1. The summed E-state index contributed by atoms with van der Waals surface area (Å²) in [6, 6.07) is 8.72. The topological polar surface area (TPSA) is 24.5 Å². The molecule has 2 bridgehead atoms. The van der Waals surface area contributed by atoms with Gasteiger partial charge in [0.1, 0.15) is 0 Å². The third kappa shape index (κ3) is 2.37. The lowest BCUT2D eigenvalue weighted by Gasteiger charge is -2.36. The molecule has 3 heteroatoms. The summed E-state index contributed by atoms with van der Waals surface area (Å²) < 4.78 is 5.92.